The maximum absolute atomic E-state index is 13.9. The first-order valence-electron chi connectivity index (χ1n) is 13.9. The van der Waals surface area contributed by atoms with Gasteiger partial charge in [0.05, 0.1) is 38.0 Å². The lowest BCUT2D eigenvalue weighted by atomic mass is 9.87. The molecule has 2 amide bonds. The van der Waals surface area contributed by atoms with Gasteiger partial charge in [-0.1, -0.05) is 66.7 Å². The molecule has 9 heteroatoms. The number of halogens is 1. The van der Waals surface area contributed by atoms with Crippen LogP contribution in [0.4, 0.5) is 9.18 Å². The Bertz CT molecular complexity index is 1320. The minimum atomic E-state index is -1.19. The molecule has 41 heavy (non-hydrogen) atoms. The van der Waals surface area contributed by atoms with Crippen molar-refractivity contribution in [3.8, 4) is 0 Å². The highest BCUT2D eigenvalue weighted by atomic mass is 19.1. The summed E-state index contributed by atoms with van der Waals surface area (Å²) < 4.78 is 31.7. The van der Waals surface area contributed by atoms with Gasteiger partial charge >= 0.3 is 6.09 Å². The Morgan fingerprint density at radius 2 is 1.80 bits per heavy atom. The predicted molar refractivity (Wildman–Crippen MR) is 150 cm³/mol. The molecule has 0 spiro atoms. The van der Waals surface area contributed by atoms with E-state index in [4.69, 9.17) is 14.2 Å². The van der Waals surface area contributed by atoms with Gasteiger partial charge in [-0.05, 0) is 47.7 Å². The molecule has 1 unspecified atom stereocenters. The van der Waals surface area contributed by atoms with Crippen molar-refractivity contribution in [2.24, 2.45) is 0 Å². The van der Waals surface area contributed by atoms with E-state index in [0.29, 0.717) is 26.2 Å². The second-order valence-corrected chi connectivity index (χ2v) is 10.5. The summed E-state index contributed by atoms with van der Waals surface area (Å²) in [5.41, 5.74) is 3.97. The number of nitrogens with zero attached hydrogens (tertiary/aromatic N) is 1. The highest BCUT2D eigenvalue weighted by molar-refractivity contribution is 5.82. The Morgan fingerprint density at radius 3 is 2.56 bits per heavy atom. The summed E-state index contributed by atoms with van der Waals surface area (Å²) in [5, 5.41) is 12.1. The number of benzene rings is 3. The summed E-state index contributed by atoms with van der Waals surface area (Å²) in [6.45, 7) is 3.14. The molecular weight excluding hydrogens is 527 g/mol. The molecule has 0 radical (unpaired) electrons. The third kappa shape index (κ3) is 7.11. The number of hydrogen-bond acceptors (Lipinski definition) is 5. The smallest absolute Gasteiger partial charge is 0.404 e. The molecule has 3 aromatic carbocycles. The molecule has 1 fully saturated rings. The fourth-order valence-corrected chi connectivity index (χ4v) is 5.64. The zero-order chi connectivity index (χ0) is 28.8. The fraction of sp³-hybridized carbons (Fsp3) is 0.375. The van der Waals surface area contributed by atoms with Gasteiger partial charge in [0, 0.05) is 13.0 Å². The SMILES string of the molecule is CC(COCc1ccccc1)O[C@H]1CO[C@@H](C(=O)N2CCc3ccccc3[C@@H]2c2ccc(F)cc2)C[C@@H]1NC(=O)O. The van der Waals surface area contributed by atoms with Crippen LogP contribution in [0.25, 0.3) is 0 Å². The monoisotopic (exact) mass is 562 g/mol. The van der Waals surface area contributed by atoms with E-state index >= 15 is 0 Å². The Labute approximate surface area is 239 Å². The van der Waals surface area contributed by atoms with E-state index in [0.717, 1.165) is 22.3 Å². The number of rotatable bonds is 9. The Morgan fingerprint density at radius 1 is 1.07 bits per heavy atom. The van der Waals surface area contributed by atoms with Crippen LogP contribution in [0.2, 0.25) is 0 Å². The average molecular weight is 563 g/mol. The fourth-order valence-electron chi connectivity index (χ4n) is 5.64. The molecule has 2 heterocycles. The highest BCUT2D eigenvalue weighted by Crippen LogP contribution is 2.36. The summed E-state index contributed by atoms with van der Waals surface area (Å²) in [6.07, 6.45) is -2.15. The van der Waals surface area contributed by atoms with E-state index in [2.05, 4.69) is 5.32 Å². The van der Waals surface area contributed by atoms with Crippen molar-refractivity contribution < 1.29 is 33.3 Å². The summed E-state index contributed by atoms with van der Waals surface area (Å²) in [6, 6.07) is 22.9. The largest absolute Gasteiger partial charge is 0.465 e. The molecule has 3 aromatic rings. The number of carboxylic acid groups (broad SMARTS) is 1. The second-order valence-electron chi connectivity index (χ2n) is 10.5. The van der Waals surface area contributed by atoms with Gasteiger partial charge in [-0.15, -0.1) is 0 Å². The first kappa shape index (κ1) is 28.7. The van der Waals surface area contributed by atoms with Crippen molar-refractivity contribution in [3.63, 3.8) is 0 Å². The lowest BCUT2D eigenvalue weighted by Crippen LogP contribution is -2.57. The summed E-state index contributed by atoms with van der Waals surface area (Å²) in [4.78, 5) is 27.4. The van der Waals surface area contributed by atoms with Gasteiger partial charge in [0.25, 0.3) is 5.91 Å². The summed E-state index contributed by atoms with van der Waals surface area (Å²) in [5.74, 6) is -0.580. The number of hydrogen-bond donors (Lipinski definition) is 2. The van der Waals surface area contributed by atoms with E-state index in [1.54, 1.807) is 17.0 Å². The normalized spacial score (nSPS) is 22.9. The quantitative estimate of drug-likeness (QED) is 0.392. The van der Waals surface area contributed by atoms with Gasteiger partial charge in [0.15, 0.2) is 0 Å². The molecule has 0 bridgehead atoms. The number of fused-ring (bicyclic) bond motifs is 1. The van der Waals surface area contributed by atoms with Crippen LogP contribution in [-0.2, 0) is 32.0 Å². The molecule has 5 atom stereocenters. The Hall–Kier alpha value is -3.79. The van der Waals surface area contributed by atoms with Crippen LogP contribution in [-0.4, -0.2) is 66.1 Å². The zero-order valence-corrected chi connectivity index (χ0v) is 22.9. The highest BCUT2D eigenvalue weighted by Gasteiger charge is 2.41. The van der Waals surface area contributed by atoms with Crippen LogP contribution in [0.3, 0.4) is 0 Å². The lowest BCUT2D eigenvalue weighted by molar-refractivity contribution is -0.165. The molecule has 2 N–H and O–H groups in total. The minimum absolute atomic E-state index is 0.0516. The van der Waals surface area contributed by atoms with Gasteiger partial charge in [0.2, 0.25) is 0 Å². The van der Waals surface area contributed by atoms with Gasteiger partial charge < -0.3 is 29.5 Å². The minimum Gasteiger partial charge on any atom is -0.465 e. The third-order valence-corrected chi connectivity index (χ3v) is 7.59. The van der Waals surface area contributed by atoms with Crippen LogP contribution < -0.4 is 5.32 Å². The second kappa shape index (κ2) is 13.2. The van der Waals surface area contributed by atoms with Crippen molar-refractivity contribution in [2.45, 2.75) is 56.8 Å². The zero-order valence-electron chi connectivity index (χ0n) is 22.9. The van der Waals surface area contributed by atoms with Gasteiger partial charge in [-0.25, -0.2) is 9.18 Å². The molecule has 0 aliphatic carbocycles. The molecule has 2 aliphatic rings. The van der Waals surface area contributed by atoms with Crippen molar-refractivity contribution in [1.29, 1.82) is 0 Å². The van der Waals surface area contributed by atoms with E-state index in [1.807, 2.05) is 61.5 Å². The van der Waals surface area contributed by atoms with Crippen LogP contribution in [0.5, 0.6) is 0 Å². The predicted octanol–water partition coefficient (Wildman–Crippen LogP) is 4.72. The molecule has 5 rings (SSSR count). The van der Waals surface area contributed by atoms with Crippen molar-refractivity contribution >= 4 is 12.0 Å². The van der Waals surface area contributed by atoms with Gasteiger partial charge in [-0.3, -0.25) is 4.79 Å². The number of amides is 2. The van der Waals surface area contributed by atoms with E-state index in [-0.39, 0.29) is 30.9 Å². The molecule has 216 valence electrons. The van der Waals surface area contributed by atoms with Gasteiger partial charge in [0.1, 0.15) is 18.0 Å². The van der Waals surface area contributed by atoms with Crippen molar-refractivity contribution in [3.05, 3.63) is 107 Å². The number of carbonyl (C=O) groups excluding carboxylic acids is 1. The molecular formula is C32H35FN2O6. The number of carbonyl (C=O) groups is 2. The first-order valence-corrected chi connectivity index (χ1v) is 13.9. The summed E-state index contributed by atoms with van der Waals surface area (Å²) in [7, 11) is 0. The molecule has 0 saturated carbocycles. The average Bonchev–Trinajstić information content (AvgIpc) is 2.98. The maximum Gasteiger partial charge on any atom is 0.404 e. The molecule has 0 aromatic heterocycles. The molecule has 8 nitrogen and oxygen atoms in total. The number of nitrogens with one attached hydrogen (secondary N) is 1. The maximum atomic E-state index is 13.9. The van der Waals surface area contributed by atoms with Crippen molar-refractivity contribution in [2.75, 3.05) is 19.8 Å². The van der Waals surface area contributed by atoms with Gasteiger partial charge in [-0.2, -0.15) is 0 Å². The number of ether oxygens (including phenoxy) is 3. The van der Waals surface area contributed by atoms with E-state index < -0.39 is 30.4 Å². The lowest BCUT2D eigenvalue weighted by Gasteiger charge is -2.42. The van der Waals surface area contributed by atoms with E-state index in [9.17, 15) is 19.1 Å². The van der Waals surface area contributed by atoms with Crippen LogP contribution in [0, 0.1) is 5.82 Å². The third-order valence-electron chi connectivity index (χ3n) is 7.59. The Kier molecular flexibility index (Phi) is 9.28. The summed E-state index contributed by atoms with van der Waals surface area (Å²) >= 11 is 0. The van der Waals surface area contributed by atoms with Crippen LogP contribution >= 0.6 is 0 Å². The molecule has 2 aliphatic heterocycles. The van der Waals surface area contributed by atoms with Crippen LogP contribution in [0.15, 0.2) is 78.9 Å². The first-order chi connectivity index (χ1) is 19.9. The Balaban J connectivity index is 1.26. The molecule has 1 saturated heterocycles. The standard InChI is InChI=1S/C32H35FN2O6/c1-21(18-39-19-22-7-3-2-4-8-22)41-29-20-40-28(17-27(29)34-32(37)38)31(36)35-16-15-23-9-5-6-10-26(23)30(35)24-11-13-25(33)14-12-24/h2-14,21,27-30,34H,15-20H2,1H3,(H,37,38)/t21?,27-,28+,29-,30-/m0/s1. The van der Waals surface area contributed by atoms with Crippen molar-refractivity contribution in [1.82, 2.24) is 10.2 Å². The van der Waals surface area contributed by atoms with Crippen LogP contribution in [0.1, 0.15) is 41.6 Å². The van der Waals surface area contributed by atoms with E-state index in [1.165, 1.54) is 12.1 Å². The topological polar surface area (TPSA) is 97.3 Å².